The van der Waals surface area contributed by atoms with E-state index in [1.807, 2.05) is 6.07 Å². The number of methoxy groups -OCH3 is 1. The van der Waals surface area contributed by atoms with E-state index in [2.05, 4.69) is 11.4 Å². The zero-order valence-electron chi connectivity index (χ0n) is 7.82. The molecule has 1 fully saturated rings. The standard InChI is InChI=1S/C10H15NOS/c1-12-10(5-3-6-10)9(11)8-4-2-7-13-8/h2,4,7,9H,3,5-6,11H2,1H3. The number of nitrogens with two attached hydrogens (primary N) is 1. The van der Waals surface area contributed by atoms with E-state index in [4.69, 9.17) is 10.5 Å². The summed E-state index contributed by atoms with van der Waals surface area (Å²) < 4.78 is 5.54. The van der Waals surface area contributed by atoms with Gasteiger partial charge in [-0.25, -0.2) is 0 Å². The molecule has 0 spiro atoms. The molecule has 0 radical (unpaired) electrons. The van der Waals surface area contributed by atoms with Gasteiger partial charge in [-0.3, -0.25) is 0 Å². The van der Waals surface area contributed by atoms with E-state index in [-0.39, 0.29) is 11.6 Å². The Morgan fingerprint density at radius 1 is 1.62 bits per heavy atom. The lowest BCUT2D eigenvalue weighted by Crippen LogP contribution is -2.48. The van der Waals surface area contributed by atoms with E-state index in [1.165, 1.54) is 11.3 Å². The van der Waals surface area contributed by atoms with Crippen molar-refractivity contribution < 1.29 is 4.74 Å². The summed E-state index contributed by atoms with van der Waals surface area (Å²) in [7, 11) is 1.77. The normalized spacial score (nSPS) is 22.3. The van der Waals surface area contributed by atoms with Crippen molar-refractivity contribution in [1.29, 1.82) is 0 Å². The van der Waals surface area contributed by atoms with Crippen molar-refractivity contribution in [1.82, 2.24) is 0 Å². The van der Waals surface area contributed by atoms with Crippen LogP contribution in [0.4, 0.5) is 0 Å². The fraction of sp³-hybridized carbons (Fsp3) is 0.600. The Morgan fingerprint density at radius 2 is 2.38 bits per heavy atom. The van der Waals surface area contributed by atoms with Crippen molar-refractivity contribution in [2.75, 3.05) is 7.11 Å². The lowest BCUT2D eigenvalue weighted by Gasteiger charge is -2.44. The van der Waals surface area contributed by atoms with Crippen LogP contribution in [0.5, 0.6) is 0 Å². The van der Waals surface area contributed by atoms with Crippen molar-refractivity contribution in [2.45, 2.75) is 30.9 Å². The third-order valence-electron chi connectivity index (χ3n) is 3.02. The second-order valence-electron chi connectivity index (χ2n) is 3.62. The molecular weight excluding hydrogens is 182 g/mol. The minimum absolute atomic E-state index is 0.0613. The van der Waals surface area contributed by atoms with Gasteiger partial charge in [0.2, 0.25) is 0 Å². The first kappa shape index (κ1) is 9.19. The molecule has 1 unspecified atom stereocenters. The van der Waals surface area contributed by atoms with Crippen LogP contribution < -0.4 is 5.73 Å². The highest BCUT2D eigenvalue weighted by Gasteiger charge is 2.43. The summed E-state index contributed by atoms with van der Waals surface area (Å²) in [5.41, 5.74) is 6.11. The molecule has 1 aliphatic rings. The third-order valence-corrected chi connectivity index (χ3v) is 3.98. The average Bonchev–Trinajstić information content (AvgIpc) is 2.54. The molecule has 1 aromatic heterocycles. The minimum atomic E-state index is -0.0646. The lowest BCUT2D eigenvalue weighted by molar-refractivity contribution is -0.0904. The van der Waals surface area contributed by atoms with Gasteiger partial charge < -0.3 is 10.5 Å². The van der Waals surface area contributed by atoms with Gasteiger partial charge in [-0.05, 0) is 30.7 Å². The summed E-state index contributed by atoms with van der Waals surface area (Å²) in [4.78, 5) is 1.24. The number of hydrogen-bond acceptors (Lipinski definition) is 3. The highest BCUT2D eigenvalue weighted by atomic mass is 32.1. The molecule has 1 aliphatic carbocycles. The maximum atomic E-state index is 6.18. The van der Waals surface area contributed by atoms with Crippen molar-refractivity contribution >= 4 is 11.3 Å². The fourth-order valence-corrected chi connectivity index (χ4v) is 2.73. The number of hydrogen-bond donors (Lipinski definition) is 1. The SMILES string of the molecule is COC1(C(N)c2cccs2)CCC1. The third kappa shape index (κ3) is 1.41. The number of rotatable bonds is 3. The molecule has 0 bridgehead atoms. The van der Waals surface area contributed by atoms with Crippen LogP contribution in [-0.4, -0.2) is 12.7 Å². The van der Waals surface area contributed by atoms with Gasteiger partial charge in [-0.2, -0.15) is 0 Å². The molecule has 1 atom stereocenters. The molecule has 72 valence electrons. The Kier molecular flexibility index (Phi) is 2.41. The lowest BCUT2D eigenvalue weighted by atomic mass is 9.74. The zero-order chi connectivity index (χ0) is 9.31. The molecule has 13 heavy (non-hydrogen) atoms. The molecule has 1 saturated carbocycles. The van der Waals surface area contributed by atoms with E-state index in [9.17, 15) is 0 Å². The Labute approximate surface area is 82.7 Å². The van der Waals surface area contributed by atoms with Crippen LogP contribution in [-0.2, 0) is 4.74 Å². The van der Waals surface area contributed by atoms with Crippen LogP contribution in [0.15, 0.2) is 17.5 Å². The minimum Gasteiger partial charge on any atom is -0.376 e. The highest BCUT2D eigenvalue weighted by Crippen LogP contribution is 2.44. The van der Waals surface area contributed by atoms with Gasteiger partial charge in [0.25, 0.3) is 0 Å². The van der Waals surface area contributed by atoms with Crippen LogP contribution in [0.2, 0.25) is 0 Å². The predicted molar refractivity (Wildman–Crippen MR) is 54.8 cm³/mol. The Bertz CT molecular complexity index is 261. The quantitative estimate of drug-likeness (QED) is 0.807. The molecule has 2 rings (SSSR count). The average molecular weight is 197 g/mol. The van der Waals surface area contributed by atoms with Crippen LogP contribution in [0.1, 0.15) is 30.2 Å². The summed E-state index contributed by atoms with van der Waals surface area (Å²) in [6, 6.07) is 4.20. The van der Waals surface area contributed by atoms with Crippen molar-refractivity contribution in [2.24, 2.45) is 5.73 Å². The fourth-order valence-electron chi connectivity index (χ4n) is 1.89. The van der Waals surface area contributed by atoms with Crippen LogP contribution in [0.3, 0.4) is 0 Å². The molecule has 0 saturated heterocycles. The molecule has 1 aromatic rings. The first-order valence-electron chi connectivity index (χ1n) is 4.63. The topological polar surface area (TPSA) is 35.2 Å². The summed E-state index contributed by atoms with van der Waals surface area (Å²) in [6.07, 6.45) is 3.44. The summed E-state index contributed by atoms with van der Waals surface area (Å²) in [5.74, 6) is 0. The van der Waals surface area contributed by atoms with Crippen LogP contribution in [0.25, 0.3) is 0 Å². The molecule has 1 heterocycles. The smallest absolute Gasteiger partial charge is 0.0878 e. The molecule has 0 aromatic carbocycles. The van der Waals surface area contributed by atoms with Gasteiger partial charge in [0.1, 0.15) is 0 Å². The van der Waals surface area contributed by atoms with Crippen molar-refractivity contribution in [3.63, 3.8) is 0 Å². The van der Waals surface area contributed by atoms with E-state index in [0.29, 0.717) is 0 Å². The van der Waals surface area contributed by atoms with E-state index < -0.39 is 0 Å². The van der Waals surface area contributed by atoms with Gasteiger partial charge in [0, 0.05) is 12.0 Å². The second-order valence-corrected chi connectivity index (χ2v) is 4.59. The molecule has 2 nitrogen and oxygen atoms in total. The van der Waals surface area contributed by atoms with E-state index in [1.54, 1.807) is 18.4 Å². The summed E-state index contributed by atoms with van der Waals surface area (Å²) in [6.45, 7) is 0. The van der Waals surface area contributed by atoms with Crippen LogP contribution >= 0.6 is 11.3 Å². The molecule has 0 amide bonds. The summed E-state index contributed by atoms with van der Waals surface area (Å²) in [5, 5.41) is 2.07. The van der Waals surface area contributed by atoms with Crippen molar-refractivity contribution in [3.8, 4) is 0 Å². The zero-order valence-corrected chi connectivity index (χ0v) is 8.64. The first-order chi connectivity index (χ1) is 6.28. The number of thiophene rings is 1. The maximum Gasteiger partial charge on any atom is 0.0878 e. The van der Waals surface area contributed by atoms with E-state index in [0.717, 1.165) is 12.8 Å². The highest BCUT2D eigenvalue weighted by molar-refractivity contribution is 7.10. The van der Waals surface area contributed by atoms with Gasteiger partial charge in [-0.15, -0.1) is 11.3 Å². The van der Waals surface area contributed by atoms with Crippen LogP contribution in [0, 0.1) is 0 Å². The Hall–Kier alpha value is -0.380. The molecule has 0 aliphatic heterocycles. The molecule has 2 N–H and O–H groups in total. The number of ether oxygens (including phenoxy) is 1. The Morgan fingerprint density at radius 3 is 2.77 bits per heavy atom. The Balaban J connectivity index is 2.16. The van der Waals surface area contributed by atoms with Gasteiger partial charge in [0.15, 0.2) is 0 Å². The molecule has 3 heteroatoms. The van der Waals surface area contributed by atoms with Gasteiger partial charge in [-0.1, -0.05) is 6.07 Å². The largest absolute Gasteiger partial charge is 0.376 e. The monoisotopic (exact) mass is 197 g/mol. The van der Waals surface area contributed by atoms with E-state index >= 15 is 0 Å². The molecular formula is C10H15NOS. The van der Waals surface area contributed by atoms with Gasteiger partial charge >= 0.3 is 0 Å². The predicted octanol–water partition coefficient (Wildman–Crippen LogP) is 2.32. The van der Waals surface area contributed by atoms with Crippen molar-refractivity contribution in [3.05, 3.63) is 22.4 Å². The summed E-state index contributed by atoms with van der Waals surface area (Å²) >= 11 is 1.72. The second kappa shape index (κ2) is 3.40. The maximum absolute atomic E-state index is 6.18. The first-order valence-corrected chi connectivity index (χ1v) is 5.50. The van der Waals surface area contributed by atoms with Gasteiger partial charge in [0.05, 0.1) is 11.6 Å².